The maximum absolute atomic E-state index is 13.8. The topological polar surface area (TPSA) is 23.6 Å². The van der Waals surface area contributed by atoms with Gasteiger partial charge in [0.1, 0.15) is 5.82 Å². The molecule has 1 aliphatic heterocycles. The summed E-state index contributed by atoms with van der Waals surface area (Å²) < 4.78 is 13.5. The molecule has 0 N–H and O–H groups in total. The predicted molar refractivity (Wildman–Crippen MR) is 106 cm³/mol. The van der Waals surface area contributed by atoms with Crippen LogP contribution in [0, 0.1) is 5.82 Å². The summed E-state index contributed by atoms with van der Waals surface area (Å²) >= 11 is 0. The van der Waals surface area contributed by atoms with Crippen molar-refractivity contribution in [3.63, 3.8) is 0 Å². The Morgan fingerprint density at radius 3 is 2.30 bits per heavy atom. The summed E-state index contributed by atoms with van der Waals surface area (Å²) in [6.45, 7) is 2.37. The number of likely N-dealkylation sites (tertiary alicyclic amines) is 1. The molecule has 2 aliphatic carbocycles. The molecule has 2 atom stereocenters. The second-order valence-electron chi connectivity index (χ2n) is 8.87. The normalized spacial score (nSPS) is 28.4. The summed E-state index contributed by atoms with van der Waals surface area (Å²) in [4.78, 5) is 18.6. The highest BCUT2D eigenvalue weighted by molar-refractivity contribution is 5.88. The zero-order valence-corrected chi connectivity index (χ0v) is 16.6. The van der Waals surface area contributed by atoms with E-state index in [1.165, 1.54) is 57.3 Å². The number of amides is 1. The first-order valence-corrected chi connectivity index (χ1v) is 10.9. The van der Waals surface area contributed by atoms with Crippen LogP contribution in [0.5, 0.6) is 0 Å². The van der Waals surface area contributed by atoms with Gasteiger partial charge in [0, 0.05) is 19.1 Å². The Labute approximate surface area is 162 Å². The monoisotopic (exact) mass is 372 g/mol. The van der Waals surface area contributed by atoms with Gasteiger partial charge in [-0.25, -0.2) is 4.39 Å². The minimum Gasteiger partial charge on any atom is -0.340 e. The molecule has 1 amide bonds. The third-order valence-electron chi connectivity index (χ3n) is 7.38. The number of carbonyl (C=O) groups is 1. The first kappa shape index (κ1) is 18.9. The quantitative estimate of drug-likeness (QED) is 0.777. The molecule has 1 aromatic rings. The zero-order valence-electron chi connectivity index (χ0n) is 16.6. The van der Waals surface area contributed by atoms with Crippen molar-refractivity contribution in [2.24, 2.45) is 0 Å². The van der Waals surface area contributed by atoms with Crippen molar-refractivity contribution in [2.75, 3.05) is 20.1 Å². The number of nitrogens with zero attached hydrogens (tertiary/aromatic N) is 2. The molecule has 4 rings (SSSR count). The molecule has 3 aliphatic rings. The van der Waals surface area contributed by atoms with Gasteiger partial charge < -0.3 is 4.90 Å². The molecule has 0 bridgehead atoms. The van der Waals surface area contributed by atoms with Crippen molar-refractivity contribution in [3.05, 3.63) is 35.6 Å². The maximum Gasteiger partial charge on any atom is 0.233 e. The standard InChI is InChI=1S/C23H33FN2O/c1-25(20-8-2-3-9-21(20)26-16-6-7-17-26)22(27)23(14-4-5-15-23)18-10-12-19(24)13-11-18/h10-13,20-21H,2-9,14-17H2,1H3. The van der Waals surface area contributed by atoms with Crippen LogP contribution in [0.25, 0.3) is 0 Å². The average molecular weight is 373 g/mol. The number of carbonyl (C=O) groups excluding carboxylic acids is 1. The molecule has 148 valence electrons. The number of rotatable bonds is 4. The second kappa shape index (κ2) is 7.90. The fraction of sp³-hybridized carbons (Fsp3) is 0.696. The Kier molecular flexibility index (Phi) is 5.54. The maximum atomic E-state index is 13.8. The Morgan fingerprint density at radius 2 is 1.63 bits per heavy atom. The molecule has 1 heterocycles. The van der Waals surface area contributed by atoms with Crippen LogP contribution >= 0.6 is 0 Å². The van der Waals surface area contributed by atoms with Crippen LogP contribution in [0.3, 0.4) is 0 Å². The number of hydrogen-bond donors (Lipinski definition) is 0. The highest BCUT2D eigenvalue weighted by atomic mass is 19.1. The summed E-state index contributed by atoms with van der Waals surface area (Å²) in [5.74, 6) is 0.0387. The number of benzene rings is 1. The first-order valence-electron chi connectivity index (χ1n) is 10.9. The first-order chi connectivity index (χ1) is 13.1. The fourth-order valence-electron chi connectivity index (χ4n) is 5.90. The molecule has 4 heteroatoms. The van der Waals surface area contributed by atoms with Gasteiger partial charge in [0.15, 0.2) is 0 Å². The molecule has 3 fully saturated rings. The number of hydrogen-bond acceptors (Lipinski definition) is 2. The molecule has 0 radical (unpaired) electrons. The van der Waals surface area contributed by atoms with Crippen LogP contribution in [0.1, 0.15) is 69.8 Å². The van der Waals surface area contributed by atoms with Gasteiger partial charge in [0.2, 0.25) is 5.91 Å². The van der Waals surface area contributed by atoms with Crippen molar-refractivity contribution >= 4 is 5.91 Å². The van der Waals surface area contributed by atoms with Crippen LogP contribution in [-0.2, 0) is 10.2 Å². The van der Waals surface area contributed by atoms with Gasteiger partial charge in [-0.15, -0.1) is 0 Å². The molecule has 1 saturated heterocycles. The van der Waals surface area contributed by atoms with Crippen molar-refractivity contribution in [1.29, 1.82) is 0 Å². The van der Waals surface area contributed by atoms with E-state index in [1.54, 1.807) is 0 Å². The van der Waals surface area contributed by atoms with Gasteiger partial charge in [0.05, 0.1) is 5.41 Å². The SMILES string of the molecule is CN(C(=O)C1(c2ccc(F)cc2)CCCC1)C1CCCCC1N1CCCC1. The zero-order chi connectivity index (χ0) is 18.9. The lowest BCUT2D eigenvalue weighted by atomic mass is 9.76. The van der Waals surface area contributed by atoms with Crippen molar-refractivity contribution in [3.8, 4) is 0 Å². The summed E-state index contributed by atoms with van der Waals surface area (Å²) in [5.41, 5.74) is 0.557. The van der Waals surface area contributed by atoms with Crippen molar-refractivity contribution in [1.82, 2.24) is 9.80 Å². The van der Waals surface area contributed by atoms with Gasteiger partial charge in [-0.05, 0) is 69.3 Å². The minimum atomic E-state index is -0.449. The molecule has 1 aromatic carbocycles. The number of halogens is 1. The van der Waals surface area contributed by atoms with Crippen LogP contribution in [-0.4, -0.2) is 47.9 Å². The third kappa shape index (κ3) is 3.53. The van der Waals surface area contributed by atoms with Gasteiger partial charge >= 0.3 is 0 Å². The third-order valence-corrected chi connectivity index (χ3v) is 7.38. The molecule has 0 spiro atoms. The lowest BCUT2D eigenvalue weighted by Gasteiger charge is -2.45. The Bertz CT molecular complexity index is 647. The van der Waals surface area contributed by atoms with Crippen LogP contribution < -0.4 is 0 Å². The Morgan fingerprint density at radius 1 is 1.00 bits per heavy atom. The Hall–Kier alpha value is -1.42. The van der Waals surface area contributed by atoms with E-state index in [-0.39, 0.29) is 11.7 Å². The lowest BCUT2D eigenvalue weighted by Crippen LogP contribution is -2.56. The molecule has 0 aromatic heterocycles. The van der Waals surface area contributed by atoms with Crippen LogP contribution in [0.4, 0.5) is 4.39 Å². The molecule has 3 nitrogen and oxygen atoms in total. The van der Waals surface area contributed by atoms with E-state index < -0.39 is 5.41 Å². The van der Waals surface area contributed by atoms with Crippen LogP contribution in [0.2, 0.25) is 0 Å². The van der Waals surface area contributed by atoms with Crippen molar-refractivity contribution < 1.29 is 9.18 Å². The molecular weight excluding hydrogens is 339 g/mol. The lowest BCUT2D eigenvalue weighted by molar-refractivity contribution is -0.140. The van der Waals surface area contributed by atoms with E-state index in [2.05, 4.69) is 9.80 Å². The number of likely N-dealkylation sites (N-methyl/N-ethyl adjacent to an activating group) is 1. The van der Waals surface area contributed by atoms with Gasteiger partial charge in [0.25, 0.3) is 0 Å². The summed E-state index contributed by atoms with van der Waals surface area (Å²) in [5, 5.41) is 0. The van der Waals surface area contributed by atoms with Gasteiger partial charge in [-0.3, -0.25) is 9.69 Å². The highest BCUT2D eigenvalue weighted by Crippen LogP contribution is 2.43. The van der Waals surface area contributed by atoms with E-state index in [0.29, 0.717) is 12.1 Å². The Balaban J connectivity index is 1.59. The largest absolute Gasteiger partial charge is 0.340 e. The van der Waals surface area contributed by atoms with E-state index in [4.69, 9.17) is 0 Å². The van der Waals surface area contributed by atoms with Crippen LogP contribution in [0.15, 0.2) is 24.3 Å². The van der Waals surface area contributed by atoms with E-state index in [1.807, 2.05) is 19.2 Å². The predicted octanol–water partition coefficient (Wildman–Crippen LogP) is 4.50. The van der Waals surface area contributed by atoms with Gasteiger partial charge in [-0.2, -0.15) is 0 Å². The minimum absolute atomic E-state index is 0.228. The fourth-order valence-corrected chi connectivity index (χ4v) is 5.90. The molecule has 27 heavy (non-hydrogen) atoms. The second-order valence-corrected chi connectivity index (χ2v) is 8.87. The van der Waals surface area contributed by atoms with E-state index in [9.17, 15) is 9.18 Å². The smallest absolute Gasteiger partial charge is 0.233 e. The van der Waals surface area contributed by atoms with Gasteiger partial charge in [-0.1, -0.05) is 37.8 Å². The summed E-state index contributed by atoms with van der Waals surface area (Å²) in [7, 11) is 2.03. The molecule has 2 saturated carbocycles. The van der Waals surface area contributed by atoms with E-state index in [0.717, 1.165) is 37.7 Å². The summed E-state index contributed by atoms with van der Waals surface area (Å²) in [6, 6.07) is 7.53. The van der Waals surface area contributed by atoms with Crippen molar-refractivity contribution in [2.45, 2.75) is 81.7 Å². The van der Waals surface area contributed by atoms with E-state index >= 15 is 0 Å². The summed E-state index contributed by atoms with van der Waals surface area (Å²) in [6.07, 6.45) is 11.4. The molecular formula is C23H33FN2O. The highest BCUT2D eigenvalue weighted by Gasteiger charge is 2.47. The average Bonchev–Trinajstić information content (AvgIpc) is 3.40. The molecule has 2 unspecified atom stereocenters.